The van der Waals surface area contributed by atoms with Gasteiger partial charge < -0.3 is 14.6 Å². The minimum Gasteiger partial charge on any atom is -0.497 e. The van der Waals surface area contributed by atoms with Crippen LogP contribution in [0.3, 0.4) is 0 Å². The van der Waals surface area contributed by atoms with Gasteiger partial charge in [0.25, 0.3) is 0 Å². The zero-order valence-electron chi connectivity index (χ0n) is 13.5. The van der Waals surface area contributed by atoms with Crippen molar-refractivity contribution in [3.63, 3.8) is 0 Å². The first-order chi connectivity index (χ1) is 11.3. The van der Waals surface area contributed by atoms with Gasteiger partial charge in [0.05, 0.1) is 7.11 Å². The topological polar surface area (TPSA) is 26.2 Å². The molecule has 2 aromatic carbocycles. The van der Waals surface area contributed by atoms with Crippen LogP contribution in [0, 0.1) is 0 Å². The van der Waals surface area contributed by atoms with Crippen LogP contribution in [0.25, 0.3) is 10.9 Å². The molecule has 1 unspecified atom stereocenters. The van der Waals surface area contributed by atoms with Crippen LogP contribution >= 0.6 is 0 Å². The third-order valence-corrected chi connectivity index (χ3v) is 4.78. The molecule has 0 saturated heterocycles. The summed E-state index contributed by atoms with van der Waals surface area (Å²) >= 11 is 0. The Morgan fingerprint density at radius 1 is 1.13 bits per heavy atom. The van der Waals surface area contributed by atoms with E-state index in [1.165, 1.54) is 28.6 Å². The van der Waals surface area contributed by atoms with Crippen LogP contribution in [0.2, 0.25) is 0 Å². The molecule has 3 heteroatoms. The molecule has 0 radical (unpaired) electrons. The summed E-state index contributed by atoms with van der Waals surface area (Å²) in [6, 6.07) is 19.8. The monoisotopic (exact) mass is 306 g/mol. The summed E-state index contributed by atoms with van der Waals surface area (Å²) in [4.78, 5) is 0. The SMILES string of the molecule is COc1ccc2c(c1)cc1n2CC(NCc2ccccc2)CC1. The number of methoxy groups -OCH3 is 1. The van der Waals surface area contributed by atoms with Gasteiger partial charge in [-0.25, -0.2) is 0 Å². The van der Waals surface area contributed by atoms with Gasteiger partial charge in [0, 0.05) is 35.7 Å². The van der Waals surface area contributed by atoms with Crippen LogP contribution in [0.5, 0.6) is 5.75 Å². The molecule has 0 fully saturated rings. The highest BCUT2D eigenvalue weighted by molar-refractivity contribution is 5.83. The van der Waals surface area contributed by atoms with E-state index in [0.717, 1.165) is 25.3 Å². The van der Waals surface area contributed by atoms with Crippen LogP contribution in [0.4, 0.5) is 0 Å². The molecule has 0 spiro atoms. The largest absolute Gasteiger partial charge is 0.497 e. The van der Waals surface area contributed by atoms with E-state index in [9.17, 15) is 0 Å². The van der Waals surface area contributed by atoms with Gasteiger partial charge in [0.2, 0.25) is 0 Å². The number of fused-ring (bicyclic) bond motifs is 3. The number of hydrogen-bond acceptors (Lipinski definition) is 2. The lowest BCUT2D eigenvalue weighted by atomic mass is 10.0. The maximum absolute atomic E-state index is 5.34. The van der Waals surface area contributed by atoms with Crippen molar-refractivity contribution in [3.05, 3.63) is 65.9 Å². The van der Waals surface area contributed by atoms with Crippen LogP contribution in [-0.4, -0.2) is 17.7 Å². The smallest absolute Gasteiger partial charge is 0.119 e. The normalized spacial score (nSPS) is 17.2. The zero-order chi connectivity index (χ0) is 15.6. The second kappa shape index (κ2) is 6.09. The number of hydrogen-bond donors (Lipinski definition) is 1. The Labute approximate surface area is 136 Å². The molecule has 1 aromatic heterocycles. The minimum atomic E-state index is 0.528. The highest BCUT2D eigenvalue weighted by atomic mass is 16.5. The van der Waals surface area contributed by atoms with Gasteiger partial charge in [-0.1, -0.05) is 30.3 Å². The molecule has 4 rings (SSSR count). The lowest BCUT2D eigenvalue weighted by molar-refractivity contribution is 0.389. The summed E-state index contributed by atoms with van der Waals surface area (Å²) in [6.45, 7) is 1.98. The summed E-state index contributed by atoms with van der Waals surface area (Å²) in [7, 11) is 1.72. The predicted octanol–water partition coefficient (Wildman–Crippen LogP) is 3.75. The minimum absolute atomic E-state index is 0.528. The van der Waals surface area contributed by atoms with E-state index in [-0.39, 0.29) is 0 Å². The van der Waals surface area contributed by atoms with Crippen LogP contribution in [0.1, 0.15) is 17.7 Å². The van der Waals surface area contributed by atoms with Gasteiger partial charge in [0.15, 0.2) is 0 Å². The van der Waals surface area contributed by atoms with Crippen molar-refractivity contribution in [2.75, 3.05) is 7.11 Å². The molecule has 23 heavy (non-hydrogen) atoms. The van der Waals surface area contributed by atoms with E-state index in [4.69, 9.17) is 4.74 Å². The Hall–Kier alpha value is -2.26. The van der Waals surface area contributed by atoms with E-state index in [1.807, 2.05) is 0 Å². The number of ether oxygens (including phenoxy) is 1. The summed E-state index contributed by atoms with van der Waals surface area (Å²) in [6.07, 6.45) is 2.32. The fraction of sp³-hybridized carbons (Fsp3) is 0.300. The molecule has 1 N–H and O–H groups in total. The van der Waals surface area contributed by atoms with Crippen molar-refractivity contribution < 1.29 is 4.74 Å². The van der Waals surface area contributed by atoms with Crippen molar-refractivity contribution in [2.24, 2.45) is 0 Å². The molecular weight excluding hydrogens is 284 g/mol. The lowest BCUT2D eigenvalue weighted by Crippen LogP contribution is -2.36. The fourth-order valence-electron chi connectivity index (χ4n) is 3.51. The number of benzene rings is 2. The number of aromatic nitrogens is 1. The van der Waals surface area contributed by atoms with Gasteiger partial charge in [-0.3, -0.25) is 0 Å². The Balaban J connectivity index is 1.52. The second-order valence-corrected chi connectivity index (χ2v) is 6.27. The van der Waals surface area contributed by atoms with Crippen LogP contribution in [0.15, 0.2) is 54.6 Å². The summed E-state index contributed by atoms with van der Waals surface area (Å²) in [5.41, 5.74) is 4.10. The van der Waals surface area contributed by atoms with E-state index < -0.39 is 0 Å². The molecule has 3 aromatic rings. The van der Waals surface area contributed by atoms with Gasteiger partial charge in [0.1, 0.15) is 5.75 Å². The first kappa shape index (κ1) is 14.3. The fourth-order valence-corrected chi connectivity index (χ4v) is 3.51. The number of rotatable bonds is 4. The van der Waals surface area contributed by atoms with Crippen molar-refractivity contribution in [3.8, 4) is 5.75 Å². The van der Waals surface area contributed by atoms with Crippen LogP contribution < -0.4 is 10.1 Å². The van der Waals surface area contributed by atoms with E-state index in [2.05, 4.69) is 64.5 Å². The molecule has 3 nitrogen and oxygen atoms in total. The Kier molecular flexibility index (Phi) is 3.80. The van der Waals surface area contributed by atoms with Crippen molar-refractivity contribution in [2.45, 2.75) is 32.0 Å². The zero-order valence-corrected chi connectivity index (χ0v) is 13.5. The van der Waals surface area contributed by atoms with Gasteiger partial charge in [-0.15, -0.1) is 0 Å². The molecule has 0 amide bonds. The summed E-state index contributed by atoms with van der Waals surface area (Å²) in [5.74, 6) is 0.930. The molecule has 118 valence electrons. The third-order valence-electron chi connectivity index (χ3n) is 4.78. The Morgan fingerprint density at radius 3 is 2.83 bits per heavy atom. The van der Waals surface area contributed by atoms with Gasteiger partial charge >= 0.3 is 0 Å². The van der Waals surface area contributed by atoms with Crippen molar-refractivity contribution >= 4 is 10.9 Å². The number of aryl methyl sites for hydroxylation is 1. The molecule has 2 heterocycles. The summed E-state index contributed by atoms with van der Waals surface area (Å²) in [5, 5.41) is 4.99. The molecule has 1 atom stereocenters. The average Bonchev–Trinajstić information content (AvgIpc) is 2.97. The highest BCUT2D eigenvalue weighted by Crippen LogP contribution is 2.28. The summed E-state index contributed by atoms with van der Waals surface area (Å²) < 4.78 is 7.80. The molecule has 1 aliphatic rings. The number of nitrogens with one attached hydrogen (secondary N) is 1. The van der Waals surface area contributed by atoms with Gasteiger partial charge in [-0.2, -0.15) is 0 Å². The molecule has 0 aliphatic carbocycles. The molecule has 0 bridgehead atoms. The Bertz CT molecular complexity index is 807. The lowest BCUT2D eigenvalue weighted by Gasteiger charge is -2.26. The Morgan fingerprint density at radius 2 is 2.00 bits per heavy atom. The number of nitrogens with zero attached hydrogens (tertiary/aromatic N) is 1. The maximum Gasteiger partial charge on any atom is 0.119 e. The first-order valence-electron chi connectivity index (χ1n) is 8.27. The second-order valence-electron chi connectivity index (χ2n) is 6.27. The average molecular weight is 306 g/mol. The van der Waals surface area contributed by atoms with Crippen molar-refractivity contribution in [1.29, 1.82) is 0 Å². The van der Waals surface area contributed by atoms with E-state index >= 15 is 0 Å². The van der Waals surface area contributed by atoms with Crippen LogP contribution in [-0.2, 0) is 19.5 Å². The van der Waals surface area contributed by atoms with Gasteiger partial charge in [-0.05, 0) is 42.7 Å². The quantitative estimate of drug-likeness (QED) is 0.794. The highest BCUT2D eigenvalue weighted by Gasteiger charge is 2.20. The predicted molar refractivity (Wildman–Crippen MR) is 93.9 cm³/mol. The third kappa shape index (κ3) is 2.84. The molecule has 0 saturated carbocycles. The first-order valence-corrected chi connectivity index (χ1v) is 8.27. The van der Waals surface area contributed by atoms with E-state index in [0.29, 0.717) is 6.04 Å². The standard InChI is InChI=1S/C20H22N2O/c1-23-19-9-10-20-16(12-19)11-18-8-7-17(14-22(18)20)21-13-15-5-3-2-4-6-15/h2-6,9-12,17,21H,7-8,13-14H2,1H3. The van der Waals surface area contributed by atoms with Crippen molar-refractivity contribution in [1.82, 2.24) is 9.88 Å². The molecular formula is C20H22N2O. The maximum atomic E-state index is 5.34. The van der Waals surface area contributed by atoms with E-state index in [1.54, 1.807) is 7.11 Å². The molecule has 1 aliphatic heterocycles.